The lowest BCUT2D eigenvalue weighted by molar-refractivity contribution is -0.116. The van der Waals surface area contributed by atoms with Gasteiger partial charge in [0, 0.05) is 43.1 Å². The van der Waals surface area contributed by atoms with Gasteiger partial charge in [0.05, 0.1) is 36.8 Å². The molecule has 2 aromatic carbocycles. The van der Waals surface area contributed by atoms with Crippen molar-refractivity contribution >= 4 is 23.4 Å². The molecule has 9 nitrogen and oxygen atoms in total. The van der Waals surface area contributed by atoms with Gasteiger partial charge in [-0.1, -0.05) is 12.1 Å². The number of aromatic nitrogens is 1. The standard InChI is InChI=1S/C32H34F5N5O4/c33-20-3-1-19(2-4-20)11-28(40-22-7-5-21(34)6-8-22)30(43)42-29-16-38-15-27(35)26(29)10-9-25-14-39-24(17-45-25)18-46-31(44)41-23-12-32(36,37)13-23/h1-8,15-16,23-25,28,39-40H,9-14,17-18H2,(H,41,44)(H,42,43)/t24-,25+,28-/m0/s1. The Bertz CT molecular complexity index is 1430. The minimum absolute atomic E-state index is 0.0120. The highest BCUT2D eigenvalue weighted by molar-refractivity contribution is 5.97. The van der Waals surface area contributed by atoms with E-state index in [1.54, 1.807) is 12.1 Å². The van der Waals surface area contributed by atoms with Gasteiger partial charge in [0.1, 0.15) is 30.1 Å². The predicted molar refractivity (Wildman–Crippen MR) is 159 cm³/mol. The molecule has 3 aromatic rings. The predicted octanol–water partition coefficient (Wildman–Crippen LogP) is 4.97. The maximum atomic E-state index is 15.0. The summed E-state index contributed by atoms with van der Waals surface area (Å²) in [5.41, 5.74) is 1.57. The summed E-state index contributed by atoms with van der Waals surface area (Å²) in [6.45, 7) is 0.587. The average Bonchev–Trinajstić information content (AvgIpc) is 3.01. The van der Waals surface area contributed by atoms with Crippen molar-refractivity contribution in [3.63, 3.8) is 0 Å². The van der Waals surface area contributed by atoms with Crippen molar-refractivity contribution in [1.82, 2.24) is 15.6 Å². The van der Waals surface area contributed by atoms with E-state index in [1.165, 1.54) is 42.6 Å². The number of nitrogens with one attached hydrogen (secondary N) is 4. The fourth-order valence-corrected chi connectivity index (χ4v) is 5.27. The number of alkyl carbamates (subject to hydrolysis) is 1. The highest BCUT2D eigenvalue weighted by atomic mass is 19.3. The zero-order chi connectivity index (χ0) is 32.7. The van der Waals surface area contributed by atoms with Crippen LogP contribution in [0.3, 0.4) is 0 Å². The first-order valence-corrected chi connectivity index (χ1v) is 14.9. The van der Waals surface area contributed by atoms with Crippen molar-refractivity contribution in [3.05, 3.63) is 89.5 Å². The van der Waals surface area contributed by atoms with Crippen LogP contribution in [0.5, 0.6) is 0 Å². The number of amides is 2. The van der Waals surface area contributed by atoms with Crippen LogP contribution in [0.25, 0.3) is 0 Å². The number of pyridine rings is 1. The number of benzene rings is 2. The zero-order valence-electron chi connectivity index (χ0n) is 24.7. The maximum Gasteiger partial charge on any atom is 0.407 e. The van der Waals surface area contributed by atoms with Gasteiger partial charge in [0.15, 0.2) is 0 Å². The fourth-order valence-electron chi connectivity index (χ4n) is 5.27. The summed E-state index contributed by atoms with van der Waals surface area (Å²) >= 11 is 0. The monoisotopic (exact) mass is 647 g/mol. The molecule has 14 heteroatoms. The lowest BCUT2D eigenvalue weighted by atomic mass is 9.88. The summed E-state index contributed by atoms with van der Waals surface area (Å²) < 4.78 is 78.8. The molecule has 4 N–H and O–H groups in total. The van der Waals surface area contributed by atoms with E-state index in [0.29, 0.717) is 24.2 Å². The third-order valence-corrected chi connectivity index (χ3v) is 7.83. The van der Waals surface area contributed by atoms with Crippen LogP contribution in [0.2, 0.25) is 0 Å². The second kappa shape index (κ2) is 14.9. The number of carbonyl (C=O) groups excluding carboxylic acids is 2. The number of rotatable bonds is 12. The van der Waals surface area contributed by atoms with Gasteiger partial charge in [-0.15, -0.1) is 0 Å². The molecule has 2 aliphatic rings. The van der Waals surface area contributed by atoms with Crippen molar-refractivity contribution in [1.29, 1.82) is 0 Å². The molecule has 0 bridgehead atoms. The number of hydrogen-bond acceptors (Lipinski definition) is 7. The molecular weight excluding hydrogens is 613 g/mol. The number of hydrogen-bond donors (Lipinski definition) is 4. The van der Waals surface area contributed by atoms with Gasteiger partial charge in [-0.05, 0) is 54.8 Å². The highest BCUT2D eigenvalue weighted by Gasteiger charge is 2.46. The summed E-state index contributed by atoms with van der Waals surface area (Å²) in [5.74, 6) is -4.71. The number of alkyl halides is 2. The summed E-state index contributed by atoms with van der Waals surface area (Å²) in [6, 6.07) is 9.37. The fraction of sp³-hybridized carbons (Fsp3) is 0.406. The van der Waals surface area contributed by atoms with E-state index in [1.807, 2.05) is 0 Å². The van der Waals surface area contributed by atoms with Gasteiger partial charge >= 0.3 is 6.09 Å². The molecule has 1 aromatic heterocycles. The van der Waals surface area contributed by atoms with Crippen molar-refractivity contribution < 1.29 is 41.0 Å². The van der Waals surface area contributed by atoms with Crippen LogP contribution in [0.4, 0.5) is 38.1 Å². The second-order valence-electron chi connectivity index (χ2n) is 11.5. The van der Waals surface area contributed by atoms with E-state index in [-0.39, 0.29) is 49.5 Å². The van der Waals surface area contributed by atoms with Gasteiger partial charge in [-0.2, -0.15) is 0 Å². The molecule has 0 radical (unpaired) electrons. The van der Waals surface area contributed by atoms with E-state index in [9.17, 15) is 31.5 Å². The largest absolute Gasteiger partial charge is 0.448 e. The van der Waals surface area contributed by atoms with Crippen molar-refractivity contribution in [2.75, 3.05) is 30.4 Å². The van der Waals surface area contributed by atoms with Gasteiger partial charge in [0.2, 0.25) is 5.91 Å². The van der Waals surface area contributed by atoms with E-state index in [4.69, 9.17) is 9.47 Å². The Kier molecular flexibility index (Phi) is 10.7. The molecule has 5 rings (SSSR count). The highest BCUT2D eigenvalue weighted by Crippen LogP contribution is 2.37. The number of morpholine rings is 1. The smallest absolute Gasteiger partial charge is 0.407 e. The number of anilines is 2. The summed E-state index contributed by atoms with van der Waals surface area (Å²) in [5, 5.41) is 11.4. The minimum Gasteiger partial charge on any atom is -0.448 e. The number of halogens is 5. The normalized spacial score (nSPS) is 19.8. The summed E-state index contributed by atoms with van der Waals surface area (Å²) in [7, 11) is 0. The quantitative estimate of drug-likeness (QED) is 0.205. The first kappa shape index (κ1) is 33.1. The van der Waals surface area contributed by atoms with Crippen LogP contribution in [-0.4, -0.2) is 66.9 Å². The van der Waals surface area contributed by atoms with E-state index in [0.717, 1.165) is 6.20 Å². The Balaban J connectivity index is 1.14. The first-order valence-electron chi connectivity index (χ1n) is 14.9. The number of carbonyl (C=O) groups is 2. The van der Waals surface area contributed by atoms with Crippen LogP contribution < -0.4 is 21.3 Å². The lowest BCUT2D eigenvalue weighted by Crippen LogP contribution is -2.52. The molecule has 246 valence electrons. The molecule has 0 unspecified atom stereocenters. The molecular formula is C32H34F5N5O4. The third-order valence-electron chi connectivity index (χ3n) is 7.83. The zero-order valence-corrected chi connectivity index (χ0v) is 24.7. The molecule has 1 aliphatic heterocycles. The Hall–Kier alpha value is -4.30. The van der Waals surface area contributed by atoms with Crippen molar-refractivity contribution in [2.45, 2.75) is 62.3 Å². The van der Waals surface area contributed by atoms with Crippen LogP contribution in [0.15, 0.2) is 60.9 Å². The van der Waals surface area contributed by atoms with E-state index < -0.39 is 60.3 Å². The molecule has 1 aliphatic carbocycles. The third kappa shape index (κ3) is 9.36. The first-order chi connectivity index (χ1) is 22.0. The van der Waals surface area contributed by atoms with Crippen molar-refractivity contribution in [3.8, 4) is 0 Å². The molecule has 2 heterocycles. The van der Waals surface area contributed by atoms with E-state index >= 15 is 0 Å². The summed E-state index contributed by atoms with van der Waals surface area (Å²) in [4.78, 5) is 29.3. The molecule has 1 saturated heterocycles. The van der Waals surface area contributed by atoms with Gasteiger partial charge in [-0.3, -0.25) is 9.78 Å². The summed E-state index contributed by atoms with van der Waals surface area (Å²) in [6.07, 6.45) is 1.31. The minimum atomic E-state index is -2.74. The number of nitrogens with zero attached hydrogens (tertiary/aromatic N) is 1. The van der Waals surface area contributed by atoms with Crippen LogP contribution in [0, 0.1) is 17.5 Å². The van der Waals surface area contributed by atoms with Crippen LogP contribution >= 0.6 is 0 Å². The molecule has 1 saturated carbocycles. The molecule has 2 fully saturated rings. The topological polar surface area (TPSA) is 114 Å². The maximum absolute atomic E-state index is 15.0. The molecule has 0 spiro atoms. The molecule has 2 amide bonds. The average molecular weight is 648 g/mol. The second-order valence-corrected chi connectivity index (χ2v) is 11.5. The Labute approximate surface area is 262 Å². The van der Waals surface area contributed by atoms with Gasteiger partial charge in [0.25, 0.3) is 5.92 Å². The van der Waals surface area contributed by atoms with Crippen molar-refractivity contribution in [2.24, 2.45) is 0 Å². The number of ether oxygens (including phenoxy) is 2. The SMILES string of the molecule is O=C(NC1CC(F)(F)C1)OC[C@@H]1CO[C@H](CCc2c(F)cncc2NC(=O)[C@H](Cc2ccc(F)cc2)Nc2ccc(F)cc2)CN1. The Morgan fingerprint density at radius 3 is 2.37 bits per heavy atom. The van der Waals surface area contributed by atoms with Gasteiger partial charge < -0.3 is 30.7 Å². The van der Waals surface area contributed by atoms with Gasteiger partial charge in [-0.25, -0.2) is 26.7 Å². The molecule has 3 atom stereocenters. The Morgan fingerprint density at radius 1 is 1.02 bits per heavy atom. The van der Waals surface area contributed by atoms with E-state index in [2.05, 4.69) is 26.3 Å². The van der Waals surface area contributed by atoms with Crippen LogP contribution in [0.1, 0.15) is 30.4 Å². The van der Waals surface area contributed by atoms with Crippen LogP contribution in [-0.2, 0) is 27.1 Å². The molecule has 46 heavy (non-hydrogen) atoms. The lowest BCUT2D eigenvalue weighted by Gasteiger charge is -2.35. The Morgan fingerprint density at radius 2 is 1.72 bits per heavy atom.